The smallest absolute Gasteiger partial charge is 0.123 e. The Bertz CT molecular complexity index is 528. The summed E-state index contributed by atoms with van der Waals surface area (Å²) >= 11 is 1.70. The summed E-state index contributed by atoms with van der Waals surface area (Å²) < 4.78 is 13.2. The molecule has 2 nitrogen and oxygen atoms in total. The molecule has 0 saturated carbocycles. The van der Waals surface area contributed by atoms with E-state index < -0.39 is 0 Å². The number of benzene rings is 2. The van der Waals surface area contributed by atoms with Gasteiger partial charge in [0.25, 0.3) is 0 Å². The Morgan fingerprint density at radius 3 is 2.58 bits per heavy atom. The molecule has 0 heterocycles. The topological polar surface area (TPSA) is 38.0 Å². The first-order valence-corrected chi connectivity index (χ1v) is 7.08. The minimum absolute atomic E-state index is 0.0676. The van der Waals surface area contributed by atoms with Crippen LogP contribution in [-0.2, 0) is 0 Å². The van der Waals surface area contributed by atoms with Gasteiger partial charge in [0, 0.05) is 10.6 Å². The molecule has 0 aliphatic heterocycles. The van der Waals surface area contributed by atoms with Crippen molar-refractivity contribution in [1.82, 2.24) is 5.43 Å². The van der Waals surface area contributed by atoms with Crippen LogP contribution in [0, 0.1) is 12.7 Å². The minimum Gasteiger partial charge on any atom is -0.271 e. The van der Waals surface area contributed by atoms with Gasteiger partial charge in [-0.05, 0) is 36.8 Å². The Balaban J connectivity index is 2.01. The van der Waals surface area contributed by atoms with E-state index in [0.717, 1.165) is 11.3 Å². The lowest BCUT2D eigenvalue weighted by atomic mass is 10.1. The van der Waals surface area contributed by atoms with Crippen molar-refractivity contribution in [1.29, 1.82) is 0 Å². The van der Waals surface area contributed by atoms with Crippen molar-refractivity contribution in [2.75, 3.05) is 5.75 Å². The van der Waals surface area contributed by atoms with E-state index in [0.29, 0.717) is 0 Å². The van der Waals surface area contributed by atoms with Crippen LogP contribution in [0.5, 0.6) is 0 Å². The van der Waals surface area contributed by atoms with Crippen LogP contribution >= 0.6 is 11.8 Å². The Labute approximate surface area is 117 Å². The van der Waals surface area contributed by atoms with Gasteiger partial charge >= 0.3 is 0 Å². The number of nitrogens with one attached hydrogen (secondary N) is 1. The maximum atomic E-state index is 13.2. The zero-order valence-corrected chi connectivity index (χ0v) is 11.6. The van der Waals surface area contributed by atoms with Crippen LogP contribution in [0.1, 0.15) is 17.2 Å². The van der Waals surface area contributed by atoms with Crippen molar-refractivity contribution >= 4 is 11.8 Å². The van der Waals surface area contributed by atoms with Gasteiger partial charge in [-0.15, -0.1) is 11.8 Å². The van der Waals surface area contributed by atoms with Gasteiger partial charge < -0.3 is 0 Å². The Kier molecular flexibility index (Phi) is 4.96. The van der Waals surface area contributed by atoms with E-state index in [4.69, 9.17) is 5.84 Å². The number of hydrazine groups is 1. The molecule has 0 spiro atoms. The predicted molar refractivity (Wildman–Crippen MR) is 78.4 cm³/mol. The van der Waals surface area contributed by atoms with E-state index in [1.807, 2.05) is 6.07 Å². The van der Waals surface area contributed by atoms with Crippen LogP contribution < -0.4 is 11.3 Å². The zero-order valence-electron chi connectivity index (χ0n) is 10.8. The molecule has 2 aromatic carbocycles. The molecule has 0 aliphatic carbocycles. The number of rotatable bonds is 5. The highest BCUT2D eigenvalue weighted by atomic mass is 32.2. The van der Waals surface area contributed by atoms with Crippen molar-refractivity contribution in [3.8, 4) is 0 Å². The number of halogens is 1. The number of thioether (sulfide) groups is 1. The van der Waals surface area contributed by atoms with Crippen LogP contribution in [0.4, 0.5) is 4.39 Å². The van der Waals surface area contributed by atoms with Gasteiger partial charge in [0.05, 0.1) is 6.04 Å². The van der Waals surface area contributed by atoms with E-state index in [1.165, 1.54) is 22.6 Å². The first-order valence-electron chi connectivity index (χ1n) is 6.10. The molecule has 100 valence electrons. The second kappa shape index (κ2) is 6.70. The maximum Gasteiger partial charge on any atom is 0.123 e. The molecular formula is C15H17FN2S. The molecule has 0 amide bonds. The molecular weight excluding hydrogens is 259 g/mol. The quantitative estimate of drug-likeness (QED) is 0.499. The second-order valence-electron chi connectivity index (χ2n) is 4.40. The largest absolute Gasteiger partial charge is 0.271 e. The summed E-state index contributed by atoms with van der Waals surface area (Å²) in [7, 11) is 0. The van der Waals surface area contributed by atoms with Crippen LogP contribution in [0.2, 0.25) is 0 Å². The van der Waals surface area contributed by atoms with Crippen molar-refractivity contribution in [3.05, 3.63) is 65.5 Å². The van der Waals surface area contributed by atoms with Crippen molar-refractivity contribution in [2.45, 2.75) is 17.9 Å². The van der Waals surface area contributed by atoms with Crippen LogP contribution in [0.25, 0.3) is 0 Å². The summed E-state index contributed by atoms with van der Waals surface area (Å²) in [5, 5.41) is 0. The molecule has 0 radical (unpaired) electrons. The van der Waals surface area contributed by atoms with Gasteiger partial charge in [-0.1, -0.05) is 29.8 Å². The summed E-state index contributed by atoms with van der Waals surface area (Å²) in [6.45, 7) is 2.06. The maximum absolute atomic E-state index is 13.2. The molecule has 19 heavy (non-hydrogen) atoms. The van der Waals surface area contributed by atoms with E-state index in [1.54, 1.807) is 17.8 Å². The molecule has 2 rings (SSSR count). The first kappa shape index (κ1) is 14.1. The van der Waals surface area contributed by atoms with Crippen molar-refractivity contribution in [2.24, 2.45) is 5.84 Å². The Morgan fingerprint density at radius 2 is 1.95 bits per heavy atom. The molecule has 0 bridgehead atoms. The summed E-state index contributed by atoms with van der Waals surface area (Å²) in [4.78, 5) is 1.18. The number of aryl methyl sites for hydroxylation is 1. The molecule has 2 aromatic rings. The normalized spacial score (nSPS) is 12.4. The van der Waals surface area contributed by atoms with Crippen LogP contribution in [0.15, 0.2) is 53.4 Å². The van der Waals surface area contributed by atoms with Gasteiger partial charge in [-0.3, -0.25) is 11.3 Å². The average molecular weight is 276 g/mol. The van der Waals surface area contributed by atoms with E-state index in [2.05, 4.69) is 36.6 Å². The molecule has 0 aromatic heterocycles. The van der Waals surface area contributed by atoms with E-state index >= 15 is 0 Å². The number of hydrogen-bond donors (Lipinski definition) is 2. The zero-order chi connectivity index (χ0) is 13.7. The fourth-order valence-electron chi connectivity index (χ4n) is 1.78. The van der Waals surface area contributed by atoms with Crippen molar-refractivity contribution < 1.29 is 4.39 Å². The molecule has 0 fully saturated rings. The summed E-state index contributed by atoms with van der Waals surface area (Å²) in [5.41, 5.74) is 4.84. The third-order valence-electron chi connectivity index (χ3n) is 2.89. The molecule has 1 atom stereocenters. The highest BCUT2D eigenvalue weighted by molar-refractivity contribution is 7.99. The van der Waals surface area contributed by atoms with Crippen LogP contribution in [0.3, 0.4) is 0 Å². The third-order valence-corrected chi connectivity index (χ3v) is 4.00. The van der Waals surface area contributed by atoms with Gasteiger partial charge in [0.2, 0.25) is 0 Å². The number of nitrogens with two attached hydrogens (primary N) is 1. The SMILES string of the molecule is Cc1ccc(SCC(NN)c2cccc(F)c2)cc1. The lowest BCUT2D eigenvalue weighted by Gasteiger charge is -2.16. The fraction of sp³-hybridized carbons (Fsp3) is 0.200. The van der Waals surface area contributed by atoms with E-state index in [-0.39, 0.29) is 11.9 Å². The minimum atomic E-state index is -0.238. The molecule has 0 saturated heterocycles. The van der Waals surface area contributed by atoms with E-state index in [9.17, 15) is 4.39 Å². The average Bonchev–Trinajstić information content (AvgIpc) is 2.42. The highest BCUT2D eigenvalue weighted by Crippen LogP contribution is 2.24. The lowest BCUT2D eigenvalue weighted by molar-refractivity contribution is 0.591. The predicted octanol–water partition coefficient (Wildman–Crippen LogP) is 3.43. The number of hydrogen-bond acceptors (Lipinski definition) is 3. The van der Waals surface area contributed by atoms with Gasteiger partial charge in [-0.25, -0.2) is 4.39 Å². The molecule has 0 aliphatic rings. The van der Waals surface area contributed by atoms with Gasteiger partial charge in [0.1, 0.15) is 5.82 Å². The Hall–Kier alpha value is -1.36. The van der Waals surface area contributed by atoms with Gasteiger partial charge in [0.15, 0.2) is 0 Å². The lowest BCUT2D eigenvalue weighted by Crippen LogP contribution is -2.29. The molecule has 4 heteroatoms. The fourth-order valence-corrected chi connectivity index (χ4v) is 2.75. The van der Waals surface area contributed by atoms with Crippen LogP contribution in [-0.4, -0.2) is 5.75 Å². The third kappa shape index (κ3) is 4.06. The highest BCUT2D eigenvalue weighted by Gasteiger charge is 2.10. The standard InChI is InChI=1S/C15H17FN2S/c1-11-5-7-14(8-6-11)19-10-15(18-17)12-3-2-4-13(16)9-12/h2-9,15,18H,10,17H2,1H3. The summed E-state index contributed by atoms with van der Waals surface area (Å²) in [6.07, 6.45) is 0. The molecule has 3 N–H and O–H groups in total. The monoisotopic (exact) mass is 276 g/mol. The Morgan fingerprint density at radius 1 is 1.21 bits per heavy atom. The van der Waals surface area contributed by atoms with Crippen molar-refractivity contribution in [3.63, 3.8) is 0 Å². The van der Waals surface area contributed by atoms with Gasteiger partial charge in [-0.2, -0.15) is 0 Å². The summed E-state index contributed by atoms with van der Waals surface area (Å²) in [5.74, 6) is 6.07. The summed E-state index contributed by atoms with van der Waals surface area (Å²) in [6, 6.07) is 14.8. The second-order valence-corrected chi connectivity index (χ2v) is 5.49. The molecule has 1 unspecified atom stereocenters. The first-order chi connectivity index (χ1) is 9.19.